The van der Waals surface area contributed by atoms with Crippen LogP contribution in [0.1, 0.15) is 13.3 Å². The fourth-order valence-electron chi connectivity index (χ4n) is 0.744. The summed E-state index contributed by atoms with van der Waals surface area (Å²) in [5.41, 5.74) is 0. The predicted molar refractivity (Wildman–Crippen MR) is 51.6 cm³/mol. The zero-order valence-electron chi connectivity index (χ0n) is 7.57. The van der Waals surface area contributed by atoms with E-state index in [9.17, 15) is 4.79 Å². The first-order chi connectivity index (χ1) is 6.76. The second kappa shape index (κ2) is 5.24. The van der Waals surface area contributed by atoms with E-state index in [0.29, 0.717) is 5.16 Å². The number of nitrogens with zero attached hydrogens (tertiary/aromatic N) is 3. The van der Waals surface area contributed by atoms with Crippen LogP contribution in [0.2, 0.25) is 0 Å². The third-order valence-electron chi connectivity index (χ3n) is 1.24. The highest BCUT2D eigenvalue weighted by molar-refractivity contribution is 7.99. The molecule has 1 amide bonds. The van der Waals surface area contributed by atoms with E-state index in [4.69, 9.17) is 5.26 Å². The Morgan fingerprint density at radius 1 is 1.79 bits per heavy atom. The molecule has 1 rings (SSSR count). The van der Waals surface area contributed by atoms with Crippen LogP contribution in [0.4, 0.5) is 5.95 Å². The highest BCUT2D eigenvalue weighted by Gasteiger charge is 2.05. The van der Waals surface area contributed by atoms with E-state index in [2.05, 4.69) is 20.5 Å². The molecule has 7 heteroatoms. The largest absolute Gasteiger partial charge is 0.294 e. The van der Waals surface area contributed by atoms with Crippen molar-refractivity contribution in [2.24, 2.45) is 0 Å². The Morgan fingerprint density at radius 3 is 3.21 bits per heavy atom. The van der Waals surface area contributed by atoms with Crippen LogP contribution in [0.25, 0.3) is 0 Å². The van der Waals surface area contributed by atoms with Crippen LogP contribution < -0.4 is 5.32 Å². The average Bonchev–Trinajstić information content (AvgIpc) is 2.53. The number of carbonyl (C=O) groups is 1. The normalized spacial score (nSPS) is 9.43. The molecular weight excluding hydrogens is 202 g/mol. The number of rotatable bonds is 4. The van der Waals surface area contributed by atoms with E-state index in [1.165, 1.54) is 11.8 Å². The molecule has 6 nitrogen and oxygen atoms in total. The van der Waals surface area contributed by atoms with Crippen molar-refractivity contribution >= 4 is 23.6 Å². The second-order valence-electron chi connectivity index (χ2n) is 2.28. The van der Waals surface area contributed by atoms with Crippen LogP contribution >= 0.6 is 11.8 Å². The van der Waals surface area contributed by atoms with Gasteiger partial charge >= 0.3 is 0 Å². The van der Waals surface area contributed by atoms with E-state index in [1.54, 1.807) is 6.07 Å². The SMILES string of the molecule is CCSc1n[nH]c(NC(=O)CC#N)n1. The van der Waals surface area contributed by atoms with Gasteiger partial charge in [0, 0.05) is 0 Å². The summed E-state index contributed by atoms with van der Waals surface area (Å²) in [6.07, 6.45) is -0.184. The third-order valence-corrected chi connectivity index (χ3v) is 1.97. The Bertz CT molecular complexity index is 355. The molecule has 0 radical (unpaired) electrons. The standard InChI is InChI=1S/C7H9N5OS/c1-2-14-7-10-6(11-12-7)9-5(13)3-4-8/h2-3H2,1H3,(H2,9,10,11,12,13). The van der Waals surface area contributed by atoms with E-state index in [1.807, 2.05) is 6.92 Å². The monoisotopic (exact) mass is 211 g/mol. The first-order valence-electron chi connectivity index (χ1n) is 3.98. The lowest BCUT2D eigenvalue weighted by molar-refractivity contribution is -0.115. The van der Waals surface area contributed by atoms with Crippen LogP contribution in [-0.4, -0.2) is 26.8 Å². The highest BCUT2D eigenvalue weighted by atomic mass is 32.2. The minimum absolute atomic E-state index is 0.184. The molecule has 0 spiro atoms. The van der Waals surface area contributed by atoms with Crippen molar-refractivity contribution in [3.63, 3.8) is 0 Å². The maximum absolute atomic E-state index is 11.0. The first kappa shape index (κ1) is 10.5. The van der Waals surface area contributed by atoms with Gasteiger partial charge in [-0.25, -0.2) is 5.10 Å². The lowest BCUT2D eigenvalue weighted by atomic mass is 10.4. The van der Waals surface area contributed by atoms with Crippen LogP contribution in [0.5, 0.6) is 0 Å². The van der Waals surface area contributed by atoms with Crippen LogP contribution in [0, 0.1) is 11.3 Å². The van der Waals surface area contributed by atoms with Crippen molar-refractivity contribution in [1.82, 2.24) is 15.2 Å². The summed E-state index contributed by atoms with van der Waals surface area (Å²) in [4.78, 5) is 14.9. The Balaban J connectivity index is 2.51. The topological polar surface area (TPSA) is 94.5 Å². The maximum atomic E-state index is 11.0. The van der Waals surface area contributed by atoms with Crippen LogP contribution in [-0.2, 0) is 4.79 Å². The summed E-state index contributed by atoms with van der Waals surface area (Å²) in [6, 6.07) is 1.74. The summed E-state index contributed by atoms with van der Waals surface area (Å²) >= 11 is 1.47. The maximum Gasteiger partial charge on any atom is 0.240 e. The summed E-state index contributed by atoms with van der Waals surface area (Å²) in [5.74, 6) is 0.751. The Morgan fingerprint density at radius 2 is 2.57 bits per heavy atom. The predicted octanol–water partition coefficient (Wildman–Crippen LogP) is 0.769. The molecule has 0 saturated carbocycles. The molecule has 1 aromatic heterocycles. The summed E-state index contributed by atoms with van der Waals surface area (Å²) < 4.78 is 0. The smallest absolute Gasteiger partial charge is 0.240 e. The van der Waals surface area contributed by atoms with Gasteiger partial charge in [0.1, 0.15) is 6.42 Å². The van der Waals surface area contributed by atoms with Gasteiger partial charge in [0.05, 0.1) is 6.07 Å². The number of aromatic amines is 1. The molecule has 0 aliphatic rings. The lowest BCUT2D eigenvalue weighted by Gasteiger charge is -1.94. The zero-order chi connectivity index (χ0) is 10.4. The molecule has 74 valence electrons. The first-order valence-corrected chi connectivity index (χ1v) is 4.96. The number of hydrogen-bond acceptors (Lipinski definition) is 5. The molecule has 2 N–H and O–H groups in total. The molecule has 0 aliphatic heterocycles. The fourth-order valence-corrected chi connectivity index (χ4v) is 1.27. The molecule has 0 aliphatic carbocycles. The molecule has 1 aromatic rings. The van der Waals surface area contributed by atoms with Gasteiger partial charge in [0.15, 0.2) is 0 Å². The van der Waals surface area contributed by atoms with Gasteiger partial charge in [0.25, 0.3) is 0 Å². The quantitative estimate of drug-likeness (QED) is 0.717. The van der Waals surface area contributed by atoms with Gasteiger partial charge in [-0.2, -0.15) is 10.2 Å². The average molecular weight is 211 g/mol. The molecule has 0 bridgehead atoms. The van der Waals surface area contributed by atoms with Crippen molar-refractivity contribution in [1.29, 1.82) is 5.26 Å². The number of aromatic nitrogens is 3. The van der Waals surface area contributed by atoms with E-state index >= 15 is 0 Å². The number of nitriles is 1. The van der Waals surface area contributed by atoms with Gasteiger partial charge in [-0.1, -0.05) is 18.7 Å². The molecule has 0 atom stereocenters. The number of carbonyl (C=O) groups excluding carboxylic acids is 1. The number of amides is 1. The molecular formula is C7H9N5OS. The Kier molecular flexibility index (Phi) is 3.94. The molecule has 0 unspecified atom stereocenters. The van der Waals surface area contributed by atoms with Crippen molar-refractivity contribution < 1.29 is 4.79 Å². The summed E-state index contributed by atoms with van der Waals surface area (Å²) in [5, 5.41) is 17.6. The Labute approximate surface area is 85.1 Å². The van der Waals surface area contributed by atoms with E-state index in [-0.39, 0.29) is 12.4 Å². The number of anilines is 1. The number of thioether (sulfide) groups is 1. The number of nitrogens with one attached hydrogen (secondary N) is 2. The van der Waals surface area contributed by atoms with Crippen LogP contribution in [0.15, 0.2) is 5.16 Å². The van der Waals surface area contributed by atoms with Gasteiger partial charge in [0.2, 0.25) is 17.0 Å². The minimum atomic E-state index is -0.392. The molecule has 0 saturated heterocycles. The fraction of sp³-hybridized carbons (Fsp3) is 0.429. The molecule has 14 heavy (non-hydrogen) atoms. The third kappa shape index (κ3) is 3.06. The lowest BCUT2D eigenvalue weighted by Crippen LogP contribution is -2.11. The van der Waals surface area contributed by atoms with Crippen molar-refractivity contribution in [3.05, 3.63) is 0 Å². The summed E-state index contributed by atoms with van der Waals surface area (Å²) in [6.45, 7) is 1.98. The second-order valence-corrected chi connectivity index (χ2v) is 3.51. The van der Waals surface area contributed by atoms with Crippen molar-refractivity contribution in [3.8, 4) is 6.07 Å². The van der Waals surface area contributed by atoms with Gasteiger partial charge < -0.3 is 0 Å². The highest BCUT2D eigenvalue weighted by Crippen LogP contribution is 2.12. The molecule has 0 aromatic carbocycles. The number of hydrogen-bond donors (Lipinski definition) is 2. The molecule has 1 heterocycles. The van der Waals surface area contributed by atoms with Crippen molar-refractivity contribution in [2.45, 2.75) is 18.5 Å². The van der Waals surface area contributed by atoms with E-state index in [0.717, 1.165) is 5.75 Å². The zero-order valence-corrected chi connectivity index (χ0v) is 8.39. The minimum Gasteiger partial charge on any atom is -0.294 e. The molecule has 0 fully saturated rings. The summed E-state index contributed by atoms with van der Waals surface area (Å²) in [7, 11) is 0. The van der Waals surface area contributed by atoms with Gasteiger partial charge in [-0.15, -0.1) is 5.10 Å². The van der Waals surface area contributed by atoms with Gasteiger partial charge in [-0.05, 0) is 5.75 Å². The Hall–Kier alpha value is -1.55. The van der Waals surface area contributed by atoms with E-state index < -0.39 is 5.91 Å². The van der Waals surface area contributed by atoms with Crippen molar-refractivity contribution in [2.75, 3.05) is 11.1 Å². The van der Waals surface area contributed by atoms with Gasteiger partial charge in [-0.3, -0.25) is 10.1 Å². The number of H-pyrrole nitrogens is 1. The van der Waals surface area contributed by atoms with Crippen LogP contribution in [0.3, 0.4) is 0 Å².